The summed E-state index contributed by atoms with van der Waals surface area (Å²) in [6.45, 7) is 2.10. The Balaban J connectivity index is 1.81. The van der Waals surface area contributed by atoms with Gasteiger partial charge in [0.1, 0.15) is 0 Å². The van der Waals surface area contributed by atoms with Crippen LogP contribution in [0.4, 0.5) is 0 Å². The van der Waals surface area contributed by atoms with Crippen LogP contribution in [0.2, 0.25) is 5.02 Å². The Labute approximate surface area is 139 Å². The van der Waals surface area contributed by atoms with E-state index in [4.69, 9.17) is 11.6 Å². The fraction of sp³-hybridized carbons (Fsp3) is 0.176. The maximum Gasteiger partial charge on any atom is 0.191 e. The van der Waals surface area contributed by atoms with Crippen LogP contribution in [0.5, 0.6) is 0 Å². The van der Waals surface area contributed by atoms with Crippen LogP contribution in [0.1, 0.15) is 11.1 Å². The van der Waals surface area contributed by atoms with Gasteiger partial charge in [-0.05, 0) is 24.6 Å². The molecule has 0 aliphatic carbocycles. The van der Waals surface area contributed by atoms with Crippen LogP contribution in [0.3, 0.4) is 0 Å². The number of aryl methyl sites for hydroxylation is 1. The molecule has 0 N–H and O–H groups in total. The molecule has 0 saturated carbocycles. The lowest BCUT2D eigenvalue weighted by Gasteiger charge is -2.05. The highest BCUT2D eigenvalue weighted by atomic mass is 35.5. The zero-order valence-electron chi connectivity index (χ0n) is 12.5. The Hall–Kier alpha value is -1.78. The summed E-state index contributed by atoms with van der Waals surface area (Å²) < 4.78 is 1.99. The van der Waals surface area contributed by atoms with Crippen molar-refractivity contribution in [2.24, 2.45) is 7.05 Å². The number of rotatable bonds is 4. The van der Waals surface area contributed by atoms with E-state index in [2.05, 4.69) is 41.4 Å². The minimum absolute atomic E-state index is 0.688. The van der Waals surface area contributed by atoms with Crippen molar-refractivity contribution in [2.75, 3.05) is 0 Å². The summed E-state index contributed by atoms with van der Waals surface area (Å²) in [6.07, 6.45) is 0. The summed E-state index contributed by atoms with van der Waals surface area (Å²) >= 11 is 7.92. The summed E-state index contributed by atoms with van der Waals surface area (Å²) in [7, 11) is 1.97. The first-order valence-corrected chi connectivity index (χ1v) is 8.34. The van der Waals surface area contributed by atoms with Crippen molar-refractivity contribution in [3.05, 3.63) is 64.7 Å². The number of hydrogen-bond acceptors (Lipinski definition) is 3. The van der Waals surface area contributed by atoms with E-state index in [9.17, 15) is 0 Å². The van der Waals surface area contributed by atoms with Gasteiger partial charge < -0.3 is 4.57 Å². The smallest absolute Gasteiger partial charge is 0.191 e. The third-order valence-electron chi connectivity index (χ3n) is 3.40. The third kappa shape index (κ3) is 3.18. The zero-order valence-corrected chi connectivity index (χ0v) is 14.0. The molecule has 112 valence electrons. The van der Waals surface area contributed by atoms with Gasteiger partial charge in [0.2, 0.25) is 0 Å². The van der Waals surface area contributed by atoms with Gasteiger partial charge in [-0.3, -0.25) is 0 Å². The molecule has 0 spiro atoms. The van der Waals surface area contributed by atoms with E-state index in [1.165, 1.54) is 11.1 Å². The van der Waals surface area contributed by atoms with Crippen LogP contribution in [0.25, 0.3) is 11.4 Å². The van der Waals surface area contributed by atoms with E-state index in [1.54, 1.807) is 11.8 Å². The van der Waals surface area contributed by atoms with Gasteiger partial charge in [-0.1, -0.05) is 65.3 Å². The van der Waals surface area contributed by atoms with E-state index >= 15 is 0 Å². The fourth-order valence-electron chi connectivity index (χ4n) is 2.27. The molecular formula is C17H16ClN3S. The maximum absolute atomic E-state index is 6.24. The molecule has 0 radical (unpaired) electrons. The Morgan fingerprint density at radius 2 is 1.91 bits per heavy atom. The Bertz CT molecular complexity index is 798. The molecule has 0 atom stereocenters. The first kappa shape index (κ1) is 15.1. The first-order valence-electron chi connectivity index (χ1n) is 6.98. The third-order valence-corrected chi connectivity index (χ3v) is 4.82. The lowest BCUT2D eigenvalue weighted by molar-refractivity contribution is 0.794. The predicted molar refractivity (Wildman–Crippen MR) is 92.2 cm³/mol. The van der Waals surface area contributed by atoms with Crippen molar-refractivity contribution < 1.29 is 0 Å². The van der Waals surface area contributed by atoms with Crippen molar-refractivity contribution in [2.45, 2.75) is 17.8 Å². The number of benzene rings is 2. The van der Waals surface area contributed by atoms with Gasteiger partial charge in [0.15, 0.2) is 11.0 Å². The average Bonchev–Trinajstić information content (AvgIpc) is 2.87. The van der Waals surface area contributed by atoms with Crippen LogP contribution in [0.15, 0.2) is 53.7 Å². The van der Waals surface area contributed by atoms with E-state index in [0.717, 1.165) is 22.3 Å². The highest BCUT2D eigenvalue weighted by molar-refractivity contribution is 7.98. The summed E-state index contributed by atoms with van der Waals surface area (Å²) in [5, 5.41) is 10.1. The minimum atomic E-state index is 0.688. The summed E-state index contributed by atoms with van der Waals surface area (Å²) in [5.41, 5.74) is 3.46. The summed E-state index contributed by atoms with van der Waals surface area (Å²) in [6, 6.07) is 16.2. The normalized spacial score (nSPS) is 10.9. The molecular weight excluding hydrogens is 314 g/mol. The molecule has 5 heteroatoms. The van der Waals surface area contributed by atoms with Crippen LogP contribution < -0.4 is 0 Å². The number of aromatic nitrogens is 3. The molecule has 0 amide bonds. The quantitative estimate of drug-likeness (QED) is 0.648. The monoisotopic (exact) mass is 329 g/mol. The van der Waals surface area contributed by atoms with E-state index in [0.29, 0.717) is 5.02 Å². The molecule has 0 fully saturated rings. The van der Waals surface area contributed by atoms with E-state index in [-0.39, 0.29) is 0 Å². The van der Waals surface area contributed by atoms with Crippen LogP contribution in [-0.4, -0.2) is 14.8 Å². The second-order valence-corrected chi connectivity index (χ2v) is 6.47. The molecule has 0 aliphatic heterocycles. The summed E-state index contributed by atoms with van der Waals surface area (Å²) in [4.78, 5) is 0. The zero-order chi connectivity index (χ0) is 15.5. The van der Waals surface area contributed by atoms with Gasteiger partial charge in [-0.25, -0.2) is 0 Å². The fourth-order valence-corrected chi connectivity index (χ4v) is 3.34. The topological polar surface area (TPSA) is 30.7 Å². The molecule has 3 aromatic rings. The molecule has 2 aromatic carbocycles. The highest BCUT2D eigenvalue weighted by Crippen LogP contribution is 2.29. The van der Waals surface area contributed by atoms with E-state index < -0.39 is 0 Å². The van der Waals surface area contributed by atoms with Crippen molar-refractivity contribution >= 4 is 23.4 Å². The SMILES string of the molecule is Cc1cccc(CSc2nnc(-c3ccccc3Cl)n2C)c1. The predicted octanol–water partition coefficient (Wildman–Crippen LogP) is 4.74. The standard InChI is InChI=1S/C17H16ClN3S/c1-12-6-5-7-13(10-12)11-22-17-20-19-16(21(17)2)14-8-3-4-9-15(14)18/h3-10H,11H2,1-2H3. The van der Waals surface area contributed by atoms with Crippen molar-refractivity contribution in [1.29, 1.82) is 0 Å². The van der Waals surface area contributed by atoms with Crippen molar-refractivity contribution in [3.8, 4) is 11.4 Å². The van der Waals surface area contributed by atoms with Gasteiger partial charge >= 0.3 is 0 Å². The first-order chi connectivity index (χ1) is 10.6. The number of halogens is 1. The Morgan fingerprint density at radius 1 is 1.09 bits per heavy atom. The average molecular weight is 330 g/mol. The lowest BCUT2D eigenvalue weighted by Crippen LogP contribution is -1.95. The van der Waals surface area contributed by atoms with Crippen LogP contribution in [-0.2, 0) is 12.8 Å². The Morgan fingerprint density at radius 3 is 2.68 bits per heavy atom. The minimum Gasteiger partial charge on any atom is -0.305 e. The molecule has 0 aliphatic rings. The molecule has 3 rings (SSSR count). The largest absolute Gasteiger partial charge is 0.305 e. The summed E-state index contributed by atoms with van der Waals surface area (Å²) in [5.74, 6) is 1.66. The van der Waals surface area contributed by atoms with E-state index in [1.807, 2.05) is 35.9 Å². The van der Waals surface area contributed by atoms with Gasteiger partial charge in [-0.2, -0.15) is 0 Å². The molecule has 0 unspecified atom stereocenters. The maximum atomic E-state index is 6.24. The van der Waals surface area contributed by atoms with Crippen LogP contribution in [0, 0.1) is 6.92 Å². The second kappa shape index (κ2) is 6.55. The van der Waals surface area contributed by atoms with Gasteiger partial charge in [0.25, 0.3) is 0 Å². The molecule has 3 nitrogen and oxygen atoms in total. The van der Waals surface area contributed by atoms with Gasteiger partial charge in [0, 0.05) is 18.4 Å². The highest BCUT2D eigenvalue weighted by Gasteiger charge is 2.13. The van der Waals surface area contributed by atoms with Crippen molar-refractivity contribution in [3.63, 3.8) is 0 Å². The molecule has 1 aromatic heterocycles. The van der Waals surface area contributed by atoms with Gasteiger partial charge in [-0.15, -0.1) is 10.2 Å². The number of hydrogen-bond donors (Lipinski definition) is 0. The number of nitrogens with zero attached hydrogens (tertiary/aromatic N) is 3. The van der Waals surface area contributed by atoms with Crippen molar-refractivity contribution in [1.82, 2.24) is 14.8 Å². The molecule has 0 bridgehead atoms. The van der Waals surface area contributed by atoms with Crippen LogP contribution >= 0.6 is 23.4 Å². The second-order valence-electron chi connectivity index (χ2n) is 5.12. The number of thioether (sulfide) groups is 1. The van der Waals surface area contributed by atoms with Gasteiger partial charge in [0.05, 0.1) is 5.02 Å². The Kier molecular flexibility index (Phi) is 4.50. The molecule has 0 saturated heterocycles. The lowest BCUT2D eigenvalue weighted by atomic mass is 10.2. The molecule has 22 heavy (non-hydrogen) atoms. The molecule has 1 heterocycles.